The highest BCUT2D eigenvalue weighted by Crippen LogP contribution is 2.26. The lowest BCUT2D eigenvalue weighted by molar-refractivity contribution is -0.118. The summed E-state index contributed by atoms with van der Waals surface area (Å²) in [5, 5.41) is 0.0240. The molecule has 0 aliphatic rings. The third kappa shape index (κ3) is 4.09. The lowest BCUT2D eigenvalue weighted by Crippen LogP contribution is -2.39. The van der Waals surface area contributed by atoms with E-state index < -0.39 is 15.9 Å². The third-order valence-corrected chi connectivity index (χ3v) is 5.00. The molecule has 0 saturated carbocycles. The number of carbonyl (C=O) groups is 1. The summed E-state index contributed by atoms with van der Waals surface area (Å²) in [5.74, 6) is -0.712. The van der Waals surface area contributed by atoms with Crippen LogP contribution in [0.2, 0.25) is 5.02 Å². The molecular weight excluding hydrogens is 302 g/mol. The Balaban J connectivity index is 3.17. The van der Waals surface area contributed by atoms with E-state index in [0.717, 1.165) is 10.7 Å². The van der Waals surface area contributed by atoms with Crippen molar-refractivity contribution in [3.63, 3.8) is 0 Å². The number of hydrogen-bond acceptors (Lipinski definition) is 4. The molecule has 20 heavy (non-hydrogen) atoms. The number of rotatable bonds is 7. The van der Waals surface area contributed by atoms with Crippen molar-refractivity contribution in [2.24, 2.45) is 5.73 Å². The minimum absolute atomic E-state index is 0.0240. The highest BCUT2D eigenvalue weighted by molar-refractivity contribution is 7.89. The van der Waals surface area contributed by atoms with Crippen LogP contribution in [0, 0.1) is 0 Å². The first-order valence-electron chi connectivity index (χ1n) is 6.12. The number of benzene rings is 1. The van der Waals surface area contributed by atoms with Gasteiger partial charge >= 0.3 is 0 Å². The fraction of sp³-hybridized carbons (Fsp3) is 0.417. The largest absolute Gasteiger partial charge is 0.399 e. The minimum Gasteiger partial charge on any atom is -0.399 e. The number of nitrogens with two attached hydrogens (primary N) is 2. The molecule has 0 aliphatic carbocycles. The van der Waals surface area contributed by atoms with Gasteiger partial charge in [0.1, 0.15) is 4.90 Å². The van der Waals surface area contributed by atoms with Gasteiger partial charge in [0, 0.05) is 12.2 Å². The number of anilines is 1. The molecule has 0 aliphatic heterocycles. The molecule has 4 N–H and O–H groups in total. The van der Waals surface area contributed by atoms with E-state index in [9.17, 15) is 13.2 Å². The zero-order chi connectivity index (χ0) is 15.3. The van der Waals surface area contributed by atoms with Crippen molar-refractivity contribution < 1.29 is 13.2 Å². The average molecular weight is 320 g/mol. The molecule has 0 spiro atoms. The number of nitrogen functional groups attached to an aromatic ring is 1. The van der Waals surface area contributed by atoms with Crippen LogP contribution >= 0.6 is 11.6 Å². The monoisotopic (exact) mass is 319 g/mol. The van der Waals surface area contributed by atoms with Crippen LogP contribution in [0.15, 0.2) is 23.1 Å². The van der Waals surface area contributed by atoms with Crippen LogP contribution in [0.4, 0.5) is 5.69 Å². The number of carbonyl (C=O) groups excluding carboxylic acids is 1. The highest BCUT2D eigenvalue weighted by atomic mass is 35.5. The molecule has 0 saturated heterocycles. The predicted octanol–water partition coefficient (Wildman–Crippen LogP) is 1.20. The molecule has 0 heterocycles. The SMILES string of the molecule is CCCCN(CC(N)=O)S(=O)(=O)c1ccc(N)cc1Cl. The predicted molar refractivity (Wildman–Crippen MR) is 78.7 cm³/mol. The van der Waals surface area contributed by atoms with E-state index >= 15 is 0 Å². The first kappa shape index (κ1) is 16.7. The van der Waals surface area contributed by atoms with Crippen LogP contribution in [0.3, 0.4) is 0 Å². The van der Waals surface area contributed by atoms with E-state index in [0.29, 0.717) is 12.1 Å². The van der Waals surface area contributed by atoms with Crippen molar-refractivity contribution >= 4 is 33.2 Å². The highest BCUT2D eigenvalue weighted by Gasteiger charge is 2.27. The van der Waals surface area contributed by atoms with Crippen molar-refractivity contribution in [2.75, 3.05) is 18.8 Å². The van der Waals surface area contributed by atoms with Gasteiger partial charge in [0.15, 0.2) is 0 Å². The smallest absolute Gasteiger partial charge is 0.245 e. The second-order valence-electron chi connectivity index (χ2n) is 4.35. The molecule has 1 aromatic carbocycles. The Hall–Kier alpha value is -1.31. The number of halogens is 1. The van der Waals surface area contributed by atoms with Crippen molar-refractivity contribution in [2.45, 2.75) is 24.7 Å². The van der Waals surface area contributed by atoms with Gasteiger partial charge in [-0.2, -0.15) is 4.31 Å². The summed E-state index contributed by atoms with van der Waals surface area (Å²) in [6.45, 7) is 1.76. The fourth-order valence-electron chi connectivity index (χ4n) is 1.66. The number of hydrogen-bond donors (Lipinski definition) is 2. The summed E-state index contributed by atoms with van der Waals surface area (Å²) in [6.07, 6.45) is 1.42. The molecule has 0 unspecified atom stereocenters. The summed E-state index contributed by atoms with van der Waals surface area (Å²) in [7, 11) is -3.87. The molecule has 1 amide bonds. The zero-order valence-corrected chi connectivity index (χ0v) is 12.7. The summed E-state index contributed by atoms with van der Waals surface area (Å²) < 4.78 is 26.0. The molecule has 0 radical (unpaired) electrons. The molecule has 1 rings (SSSR count). The van der Waals surface area contributed by atoms with E-state index in [1.54, 1.807) is 0 Å². The molecule has 0 bridgehead atoms. The van der Waals surface area contributed by atoms with Gasteiger partial charge in [-0.15, -0.1) is 0 Å². The van der Waals surface area contributed by atoms with Gasteiger partial charge in [0.2, 0.25) is 15.9 Å². The maximum Gasteiger partial charge on any atom is 0.245 e. The number of primary amides is 1. The molecule has 0 aromatic heterocycles. The molecular formula is C12H18ClN3O3S. The summed E-state index contributed by atoms with van der Waals surface area (Å²) >= 11 is 5.93. The normalized spacial score (nSPS) is 11.8. The third-order valence-electron chi connectivity index (χ3n) is 2.67. The van der Waals surface area contributed by atoms with E-state index in [2.05, 4.69) is 0 Å². The number of amides is 1. The van der Waals surface area contributed by atoms with Gasteiger partial charge in [0.25, 0.3) is 0 Å². The Labute approximate surface area is 123 Å². The Kier molecular flexibility index (Phi) is 5.79. The van der Waals surface area contributed by atoms with Gasteiger partial charge in [-0.05, 0) is 24.6 Å². The van der Waals surface area contributed by atoms with Crippen molar-refractivity contribution in [1.82, 2.24) is 4.31 Å². The second-order valence-corrected chi connectivity index (χ2v) is 6.66. The van der Waals surface area contributed by atoms with Crippen LogP contribution in [0.25, 0.3) is 0 Å². The first-order chi connectivity index (χ1) is 9.28. The quantitative estimate of drug-likeness (QED) is 0.736. The van der Waals surface area contributed by atoms with E-state index in [4.69, 9.17) is 23.1 Å². The van der Waals surface area contributed by atoms with Crippen molar-refractivity contribution in [1.29, 1.82) is 0 Å². The van der Waals surface area contributed by atoms with Crippen LogP contribution in [0.1, 0.15) is 19.8 Å². The molecule has 0 atom stereocenters. The fourth-order valence-corrected chi connectivity index (χ4v) is 3.63. The molecule has 8 heteroatoms. The summed E-state index contributed by atoms with van der Waals surface area (Å²) in [5.41, 5.74) is 11.0. The first-order valence-corrected chi connectivity index (χ1v) is 7.94. The van der Waals surface area contributed by atoms with Gasteiger partial charge < -0.3 is 11.5 Å². The minimum atomic E-state index is -3.87. The summed E-state index contributed by atoms with van der Waals surface area (Å²) in [6, 6.07) is 4.13. The van der Waals surface area contributed by atoms with E-state index in [1.807, 2.05) is 6.92 Å². The molecule has 1 aromatic rings. The second kappa shape index (κ2) is 6.92. The number of unbranched alkanes of at least 4 members (excludes halogenated alkanes) is 1. The van der Waals surface area contributed by atoms with Gasteiger partial charge in [-0.25, -0.2) is 8.42 Å². The number of nitrogens with zero attached hydrogens (tertiary/aromatic N) is 1. The topological polar surface area (TPSA) is 106 Å². The Morgan fingerprint density at radius 3 is 2.55 bits per heavy atom. The standard InChI is InChI=1S/C12H18ClN3O3S/c1-2-3-6-16(8-12(15)17)20(18,19)11-5-4-9(14)7-10(11)13/h4-5,7H,2-3,6,8,14H2,1H3,(H2,15,17). The zero-order valence-electron chi connectivity index (χ0n) is 11.2. The van der Waals surface area contributed by atoms with Crippen molar-refractivity contribution in [3.05, 3.63) is 23.2 Å². The van der Waals surface area contributed by atoms with E-state index in [-0.39, 0.29) is 23.0 Å². The van der Waals surface area contributed by atoms with Crippen LogP contribution < -0.4 is 11.5 Å². The van der Waals surface area contributed by atoms with E-state index in [1.165, 1.54) is 18.2 Å². The van der Waals surface area contributed by atoms with Gasteiger partial charge in [-0.1, -0.05) is 24.9 Å². The average Bonchev–Trinajstić information content (AvgIpc) is 2.33. The molecule has 112 valence electrons. The van der Waals surface area contributed by atoms with Gasteiger partial charge in [-0.3, -0.25) is 4.79 Å². The Morgan fingerprint density at radius 2 is 2.05 bits per heavy atom. The van der Waals surface area contributed by atoms with Crippen LogP contribution in [0.5, 0.6) is 0 Å². The van der Waals surface area contributed by atoms with Gasteiger partial charge in [0.05, 0.1) is 11.6 Å². The van der Waals surface area contributed by atoms with Crippen LogP contribution in [-0.4, -0.2) is 31.7 Å². The molecule has 6 nitrogen and oxygen atoms in total. The maximum atomic E-state index is 12.5. The van der Waals surface area contributed by atoms with Crippen LogP contribution in [-0.2, 0) is 14.8 Å². The molecule has 0 fully saturated rings. The lowest BCUT2D eigenvalue weighted by Gasteiger charge is -2.21. The Morgan fingerprint density at radius 1 is 1.40 bits per heavy atom. The number of sulfonamides is 1. The Bertz CT molecular complexity index is 590. The maximum absolute atomic E-state index is 12.5. The summed E-state index contributed by atoms with van der Waals surface area (Å²) in [4.78, 5) is 11.0. The lowest BCUT2D eigenvalue weighted by atomic mass is 10.3. The van der Waals surface area contributed by atoms with Crippen molar-refractivity contribution in [3.8, 4) is 0 Å².